The van der Waals surface area contributed by atoms with Crippen molar-refractivity contribution in [1.29, 1.82) is 0 Å². The van der Waals surface area contributed by atoms with Crippen molar-refractivity contribution in [2.45, 2.75) is 47.6 Å². The average molecular weight is 264 g/mol. The first-order valence-electron chi connectivity index (χ1n) is 7.55. The monoisotopic (exact) mass is 264 g/mol. The summed E-state index contributed by atoms with van der Waals surface area (Å²) in [6, 6.07) is 6.85. The Hall–Kier alpha value is -1.02. The highest BCUT2D eigenvalue weighted by Gasteiger charge is 2.29. The summed E-state index contributed by atoms with van der Waals surface area (Å²) in [5.41, 5.74) is 2.46. The molecule has 0 radical (unpaired) electrons. The van der Waals surface area contributed by atoms with Crippen LogP contribution in [-0.2, 0) is 0 Å². The number of para-hydroxylation sites is 1. The Morgan fingerprint density at radius 3 is 1.89 bits per heavy atom. The van der Waals surface area contributed by atoms with E-state index in [9.17, 15) is 0 Å². The Labute approximate surface area is 119 Å². The summed E-state index contributed by atoms with van der Waals surface area (Å²) in [6.07, 6.45) is 0. The van der Waals surface area contributed by atoms with Gasteiger partial charge in [-0.05, 0) is 52.7 Å². The topological polar surface area (TPSA) is 9.23 Å². The van der Waals surface area contributed by atoms with Gasteiger partial charge in [-0.15, -0.1) is 0 Å². The number of hydrogen-bond acceptors (Lipinski definition) is 1. The fourth-order valence-corrected chi connectivity index (χ4v) is 2.99. The molecule has 0 fully saturated rings. The van der Waals surface area contributed by atoms with Crippen molar-refractivity contribution in [1.82, 2.24) is 0 Å². The van der Waals surface area contributed by atoms with Crippen molar-refractivity contribution in [3.8, 4) is 5.75 Å². The van der Waals surface area contributed by atoms with Gasteiger partial charge in [0.25, 0.3) is 0 Å². The molecule has 0 aliphatic heterocycles. The maximum Gasteiger partial charge on any atom is 0.140 e. The summed E-state index contributed by atoms with van der Waals surface area (Å²) >= 11 is 0. The van der Waals surface area contributed by atoms with Crippen LogP contribution in [0.1, 0.15) is 38.8 Å². The van der Waals surface area contributed by atoms with Crippen LogP contribution in [0.4, 0.5) is 0 Å². The van der Waals surface area contributed by atoms with Crippen LogP contribution < -0.4 is 4.74 Å². The molecule has 19 heavy (non-hydrogen) atoms. The zero-order chi connectivity index (χ0) is 14.5. The van der Waals surface area contributed by atoms with E-state index in [0.29, 0.717) is 6.04 Å². The largest absolute Gasteiger partial charge is 0.487 e. The number of nitrogens with zero attached hydrogens (tertiary/aromatic N) is 1. The summed E-state index contributed by atoms with van der Waals surface area (Å²) in [5.74, 6) is 1.07. The Balaban J connectivity index is 2.76. The predicted octanol–water partition coefficient (Wildman–Crippen LogP) is 3.95. The van der Waals surface area contributed by atoms with Crippen LogP contribution in [-0.4, -0.2) is 36.8 Å². The third kappa shape index (κ3) is 3.50. The number of quaternary nitrogens is 1. The molecule has 0 aliphatic carbocycles. The van der Waals surface area contributed by atoms with E-state index in [1.54, 1.807) is 0 Å². The van der Waals surface area contributed by atoms with E-state index < -0.39 is 0 Å². The number of aryl methyl sites for hydroxylation is 2. The second-order valence-corrected chi connectivity index (χ2v) is 5.55. The third-order valence-electron chi connectivity index (χ3n) is 4.70. The molecule has 0 heterocycles. The zero-order valence-corrected chi connectivity index (χ0v) is 13.5. The molecule has 0 aliphatic rings. The molecule has 0 N–H and O–H groups in total. The van der Waals surface area contributed by atoms with E-state index in [-0.39, 0.29) is 0 Å². The lowest BCUT2D eigenvalue weighted by atomic mass is 10.1. The van der Waals surface area contributed by atoms with E-state index in [0.717, 1.165) is 16.8 Å². The van der Waals surface area contributed by atoms with Crippen molar-refractivity contribution < 1.29 is 9.22 Å². The summed E-state index contributed by atoms with van der Waals surface area (Å²) in [5, 5.41) is 0. The molecule has 0 aromatic heterocycles. The second-order valence-electron chi connectivity index (χ2n) is 5.55. The molecule has 1 rings (SSSR count). The van der Waals surface area contributed by atoms with Gasteiger partial charge in [-0.3, -0.25) is 0 Å². The van der Waals surface area contributed by atoms with E-state index in [2.05, 4.69) is 59.7 Å². The first-order valence-corrected chi connectivity index (χ1v) is 7.55. The highest BCUT2D eigenvalue weighted by molar-refractivity contribution is 5.39. The van der Waals surface area contributed by atoms with Gasteiger partial charge in [-0.25, -0.2) is 0 Å². The molecule has 0 amide bonds. The van der Waals surface area contributed by atoms with Crippen LogP contribution in [0.25, 0.3) is 0 Å². The van der Waals surface area contributed by atoms with Crippen molar-refractivity contribution in [2.75, 3.05) is 26.2 Å². The fraction of sp³-hybridized carbons (Fsp3) is 0.647. The first kappa shape index (κ1) is 16.0. The maximum absolute atomic E-state index is 6.13. The molecule has 1 aromatic rings. The standard InChI is InChI=1S/C17H30NO/c1-7-18(8-2,9-3)16(6)13-19-17-14(4)11-10-12-15(17)5/h10-12,16H,7-9,13H2,1-6H3/q+1. The minimum atomic E-state index is 0.527. The number of likely N-dealkylation sites (N-methyl/N-ethyl adjacent to an activating group) is 1. The Bertz CT molecular complexity index is 368. The number of benzene rings is 1. The van der Waals surface area contributed by atoms with Crippen LogP contribution in [0, 0.1) is 13.8 Å². The molecule has 2 nitrogen and oxygen atoms in total. The summed E-state index contributed by atoms with van der Waals surface area (Å²) in [6.45, 7) is 17.7. The van der Waals surface area contributed by atoms with Gasteiger partial charge in [-0.1, -0.05) is 18.2 Å². The SMILES string of the molecule is CC[N+](CC)(CC)C(C)COc1c(C)cccc1C. The normalized spacial score (nSPS) is 13.4. The van der Waals surface area contributed by atoms with E-state index in [1.165, 1.54) is 30.8 Å². The number of rotatable bonds is 7. The zero-order valence-electron chi connectivity index (χ0n) is 13.5. The third-order valence-corrected chi connectivity index (χ3v) is 4.70. The van der Waals surface area contributed by atoms with Gasteiger partial charge in [-0.2, -0.15) is 0 Å². The molecule has 1 atom stereocenters. The molecule has 0 spiro atoms. The summed E-state index contributed by atoms with van der Waals surface area (Å²) in [7, 11) is 0. The quantitative estimate of drug-likeness (QED) is 0.678. The molecule has 0 saturated carbocycles. The average Bonchev–Trinajstić information content (AvgIpc) is 2.41. The smallest absolute Gasteiger partial charge is 0.140 e. The Morgan fingerprint density at radius 1 is 1.00 bits per heavy atom. The van der Waals surface area contributed by atoms with Gasteiger partial charge in [0, 0.05) is 0 Å². The Morgan fingerprint density at radius 2 is 1.47 bits per heavy atom. The minimum absolute atomic E-state index is 0.527. The van der Waals surface area contributed by atoms with Gasteiger partial charge in [0.15, 0.2) is 0 Å². The minimum Gasteiger partial charge on any atom is -0.487 e. The molecular formula is C17H30NO+. The van der Waals surface area contributed by atoms with Crippen LogP contribution in [0.3, 0.4) is 0 Å². The molecule has 1 aromatic carbocycles. The summed E-state index contributed by atoms with van der Waals surface area (Å²) in [4.78, 5) is 0. The predicted molar refractivity (Wildman–Crippen MR) is 82.8 cm³/mol. The maximum atomic E-state index is 6.13. The van der Waals surface area contributed by atoms with E-state index >= 15 is 0 Å². The van der Waals surface area contributed by atoms with Crippen molar-refractivity contribution >= 4 is 0 Å². The van der Waals surface area contributed by atoms with Crippen molar-refractivity contribution in [2.24, 2.45) is 0 Å². The fourth-order valence-electron chi connectivity index (χ4n) is 2.99. The van der Waals surface area contributed by atoms with Gasteiger partial charge in [0.1, 0.15) is 18.4 Å². The van der Waals surface area contributed by atoms with Gasteiger partial charge in [0.2, 0.25) is 0 Å². The highest BCUT2D eigenvalue weighted by Crippen LogP contribution is 2.23. The number of ether oxygens (including phenoxy) is 1. The lowest BCUT2D eigenvalue weighted by Gasteiger charge is -2.41. The first-order chi connectivity index (χ1) is 9.00. The van der Waals surface area contributed by atoms with Gasteiger partial charge >= 0.3 is 0 Å². The van der Waals surface area contributed by atoms with Crippen molar-refractivity contribution in [3.63, 3.8) is 0 Å². The number of hydrogen-bond donors (Lipinski definition) is 0. The second kappa shape index (κ2) is 6.95. The van der Waals surface area contributed by atoms with E-state index in [4.69, 9.17) is 4.74 Å². The lowest BCUT2D eigenvalue weighted by Crippen LogP contribution is -2.56. The van der Waals surface area contributed by atoms with Crippen molar-refractivity contribution in [3.05, 3.63) is 29.3 Å². The molecule has 2 heteroatoms. The summed E-state index contributed by atoms with van der Waals surface area (Å²) < 4.78 is 7.26. The molecular weight excluding hydrogens is 234 g/mol. The molecule has 1 unspecified atom stereocenters. The van der Waals surface area contributed by atoms with Crippen LogP contribution in [0.5, 0.6) is 5.75 Å². The molecule has 0 bridgehead atoms. The highest BCUT2D eigenvalue weighted by atomic mass is 16.5. The lowest BCUT2D eigenvalue weighted by molar-refractivity contribution is -0.944. The molecule has 108 valence electrons. The van der Waals surface area contributed by atoms with E-state index in [1.807, 2.05) is 0 Å². The van der Waals surface area contributed by atoms with Crippen LogP contribution in [0.15, 0.2) is 18.2 Å². The Kier molecular flexibility index (Phi) is 5.86. The van der Waals surface area contributed by atoms with Gasteiger partial charge in [0.05, 0.1) is 19.6 Å². The molecule has 0 saturated heterocycles. The van der Waals surface area contributed by atoms with Crippen LogP contribution >= 0.6 is 0 Å². The van der Waals surface area contributed by atoms with Gasteiger partial charge < -0.3 is 9.22 Å². The van der Waals surface area contributed by atoms with Crippen LogP contribution in [0.2, 0.25) is 0 Å².